The van der Waals surface area contributed by atoms with Gasteiger partial charge in [-0.3, -0.25) is 0 Å². The Morgan fingerprint density at radius 2 is 1.81 bits per heavy atom. The summed E-state index contributed by atoms with van der Waals surface area (Å²) in [5.74, 6) is -0.952. The molecule has 1 heterocycles. The van der Waals surface area contributed by atoms with E-state index in [-0.39, 0.29) is 23.9 Å². The summed E-state index contributed by atoms with van der Waals surface area (Å²) in [6.45, 7) is 3.71. The summed E-state index contributed by atoms with van der Waals surface area (Å²) in [6, 6.07) is 3.17. The SMILES string of the molecule is CCC1CCC(COC2CCC(c3ccc(OC)c(F)c3F)CC2)OC1. The fraction of sp³-hybridized carbons (Fsp3) is 0.714. The van der Waals surface area contributed by atoms with Gasteiger partial charge in [0.1, 0.15) is 0 Å². The summed E-state index contributed by atoms with van der Waals surface area (Å²) in [4.78, 5) is 0. The summed E-state index contributed by atoms with van der Waals surface area (Å²) in [6.07, 6.45) is 7.27. The molecule has 0 radical (unpaired) electrons. The van der Waals surface area contributed by atoms with Crippen LogP contribution in [-0.4, -0.2) is 32.5 Å². The summed E-state index contributed by atoms with van der Waals surface area (Å²) < 4.78 is 45.0. The van der Waals surface area contributed by atoms with E-state index in [1.807, 2.05) is 0 Å². The molecule has 2 unspecified atom stereocenters. The minimum Gasteiger partial charge on any atom is -0.494 e. The van der Waals surface area contributed by atoms with Crippen LogP contribution in [0.15, 0.2) is 12.1 Å². The molecule has 1 saturated heterocycles. The lowest BCUT2D eigenvalue weighted by atomic mass is 9.82. The highest BCUT2D eigenvalue weighted by molar-refractivity contribution is 5.33. The predicted molar refractivity (Wildman–Crippen MR) is 96.6 cm³/mol. The van der Waals surface area contributed by atoms with Crippen LogP contribution in [0.1, 0.15) is 63.4 Å². The van der Waals surface area contributed by atoms with Gasteiger partial charge in [0.15, 0.2) is 11.6 Å². The zero-order valence-electron chi connectivity index (χ0n) is 15.8. The monoisotopic (exact) mass is 368 g/mol. The van der Waals surface area contributed by atoms with Crippen LogP contribution in [0, 0.1) is 17.6 Å². The minimum absolute atomic E-state index is 0.0407. The standard InChI is InChI=1S/C21H30F2O3/c1-3-14-4-7-17(25-12-14)13-26-16-8-5-15(6-9-16)18-10-11-19(24-2)21(23)20(18)22/h10-11,14-17H,3-9,12-13H2,1-2H3. The van der Waals surface area contributed by atoms with Crippen molar-refractivity contribution in [2.45, 2.75) is 70.0 Å². The molecule has 0 aromatic heterocycles. The maximum atomic E-state index is 14.3. The van der Waals surface area contributed by atoms with Crippen molar-refractivity contribution in [3.05, 3.63) is 29.3 Å². The average Bonchev–Trinajstić information content (AvgIpc) is 2.69. The number of hydrogen-bond acceptors (Lipinski definition) is 3. The molecule has 1 aliphatic heterocycles. The Morgan fingerprint density at radius 3 is 2.42 bits per heavy atom. The van der Waals surface area contributed by atoms with Crippen LogP contribution in [0.5, 0.6) is 5.75 Å². The first-order valence-electron chi connectivity index (χ1n) is 9.87. The maximum absolute atomic E-state index is 14.3. The van der Waals surface area contributed by atoms with Gasteiger partial charge < -0.3 is 14.2 Å². The van der Waals surface area contributed by atoms with Crippen LogP contribution in [-0.2, 0) is 9.47 Å². The Kier molecular flexibility index (Phi) is 6.87. The third-order valence-corrected chi connectivity index (χ3v) is 5.97. The van der Waals surface area contributed by atoms with E-state index in [2.05, 4.69) is 6.92 Å². The molecule has 1 saturated carbocycles. The van der Waals surface area contributed by atoms with Crippen LogP contribution >= 0.6 is 0 Å². The Labute approximate surface area is 155 Å². The summed E-state index contributed by atoms with van der Waals surface area (Å²) in [5.41, 5.74) is 0.461. The third-order valence-electron chi connectivity index (χ3n) is 5.97. The fourth-order valence-electron chi connectivity index (χ4n) is 4.12. The number of halogens is 2. The molecule has 1 aliphatic carbocycles. The molecule has 146 valence electrons. The fourth-order valence-corrected chi connectivity index (χ4v) is 4.12. The number of methoxy groups -OCH3 is 1. The Hall–Kier alpha value is -1.20. The summed E-state index contributed by atoms with van der Waals surface area (Å²) >= 11 is 0. The van der Waals surface area contributed by atoms with Crippen LogP contribution in [0.3, 0.4) is 0 Å². The number of ether oxygens (including phenoxy) is 3. The topological polar surface area (TPSA) is 27.7 Å². The second kappa shape index (κ2) is 9.14. The molecule has 1 aromatic carbocycles. The molecule has 26 heavy (non-hydrogen) atoms. The molecule has 2 atom stereocenters. The lowest BCUT2D eigenvalue weighted by Crippen LogP contribution is -2.32. The molecule has 2 aliphatic rings. The lowest BCUT2D eigenvalue weighted by molar-refractivity contribution is -0.0851. The van der Waals surface area contributed by atoms with Crippen molar-refractivity contribution in [2.24, 2.45) is 5.92 Å². The van der Waals surface area contributed by atoms with Crippen molar-refractivity contribution < 1.29 is 23.0 Å². The lowest BCUT2D eigenvalue weighted by Gasteiger charge is -2.32. The predicted octanol–water partition coefficient (Wildman–Crippen LogP) is 5.22. The van der Waals surface area contributed by atoms with E-state index in [4.69, 9.17) is 14.2 Å². The van der Waals surface area contributed by atoms with Crippen molar-refractivity contribution in [1.82, 2.24) is 0 Å². The van der Waals surface area contributed by atoms with E-state index in [9.17, 15) is 8.78 Å². The minimum atomic E-state index is -0.886. The molecule has 3 rings (SSSR count). The number of rotatable bonds is 6. The quantitative estimate of drug-likeness (QED) is 0.689. The van der Waals surface area contributed by atoms with E-state index < -0.39 is 11.6 Å². The average molecular weight is 368 g/mol. The van der Waals surface area contributed by atoms with Crippen LogP contribution in [0.25, 0.3) is 0 Å². The largest absolute Gasteiger partial charge is 0.494 e. The number of benzene rings is 1. The van der Waals surface area contributed by atoms with Crippen molar-refractivity contribution in [1.29, 1.82) is 0 Å². The first-order chi connectivity index (χ1) is 12.6. The molecule has 1 aromatic rings. The molecule has 0 spiro atoms. The van der Waals surface area contributed by atoms with E-state index in [1.54, 1.807) is 6.07 Å². The molecule has 2 fully saturated rings. The van der Waals surface area contributed by atoms with Crippen molar-refractivity contribution in [2.75, 3.05) is 20.3 Å². The zero-order chi connectivity index (χ0) is 18.5. The van der Waals surface area contributed by atoms with Gasteiger partial charge in [0.25, 0.3) is 0 Å². The highest BCUT2D eigenvalue weighted by Gasteiger charge is 2.28. The van der Waals surface area contributed by atoms with E-state index in [0.717, 1.165) is 38.7 Å². The van der Waals surface area contributed by atoms with Gasteiger partial charge in [-0.15, -0.1) is 0 Å². The molecule has 0 N–H and O–H groups in total. The Balaban J connectivity index is 1.45. The number of hydrogen-bond donors (Lipinski definition) is 0. The van der Waals surface area contributed by atoms with Crippen LogP contribution in [0.4, 0.5) is 8.78 Å². The summed E-state index contributed by atoms with van der Waals surface area (Å²) in [5, 5.41) is 0. The van der Waals surface area contributed by atoms with Gasteiger partial charge in [0, 0.05) is 6.61 Å². The van der Waals surface area contributed by atoms with Gasteiger partial charge in [0.2, 0.25) is 5.82 Å². The second-order valence-corrected chi connectivity index (χ2v) is 7.60. The van der Waals surface area contributed by atoms with Gasteiger partial charge in [-0.25, -0.2) is 4.39 Å². The highest BCUT2D eigenvalue weighted by atomic mass is 19.2. The second-order valence-electron chi connectivity index (χ2n) is 7.60. The maximum Gasteiger partial charge on any atom is 0.200 e. The smallest absolute Gasteiger partial charge is 0.200 e. The van der Waals surface area contributed by atoms with E-state index in [1.165, 1.54) is 26.0 Å². The van der Waals surface area contributed by atoms with Gasteiger partial charge in [-0.1, -0.05) is 19.4 Å². The molecule has 5 heteroatoms. The third kappa shape index (κ3) is 4.55. The van der Waals surface area contributed by atoms with E-state index in [0.29, 0.717) is 18.1 Å². The van der Waals surface area contributed by atoms with Crippen LogP contribution in [0.2, 0.25) is 0 Å². The van der Waals surface area contributed by atoms with Crippen molar-refractivity contribution in [3.63, 3.8) is 0 Å². The Morgan fingerprint density at radius 1 is 1.04 bits per heavy atom. The van der Waals surface area contributed by atoms with Crippen molar-refractivity contribution in [3.8, 4) is 5.75 Å². The first-order valence-corrected chi connectivity index (χ1v) is 9.87. The van der Waals surface area contributed by atoms with Gasteiger partial charge in [-0.2, -0.15) is 4.39 Å². The van der Waals surface area contributed by atoms with Gasteiger partial charge in [0.05, 0.1) is 25.9 Å². The molecular formula is C21H30F2O3. The molecule has 0 amide bonds. The Bertz CT molecular complexity index is 577. The zero-order valence-corrected chi connectivity index (χ0v) is 15.8. The van der Waals surface area contributed by atoms with Crippen molar-refractivity contribution >= 4 is 0 Å². The molecular weight excluding hydrogens is 338 g/mol. The van der Waals surface area contributed by atoms with Crippen LogP contribution < -0.4 is 4.74 Å². The van der Waals surface area contributed by atoms with Gasteiger partial charge in [-0.05, 0) is 62.0 Å². The molecule has 0 bridgehead atoms. The molecule has 3 nitrogen and oxygen atoms in total. The summed E-state index contributed by atoms with van der Waals surface area (Å²) in [7, 11) is 1.35. The first kappa shape index (κ1) is 19.6. The van der Waals surface area contributed by atoms with E-state index >= 15 is 0 Å². The normalized spacial score (nSPS) is 29.5. The highest BCUT2D eigenvalue weighted by Crippen LogP contribution is 2.37. The van der Waals surface area contributed by atoms with Gasteiger partial charge >= 0.3 is 0 Å².